The third kappa shape index (κ3) is 2.37. The lowest BCUT2D eigenvalue weighted by atomic mass is 9.76. The second-order valence-corrected chi connectivity index (χ2v) is 5.07. The van der Waals surface area contributed by atoms with E-state index in [0.29, 0.717) is 11.7 Å². The highest BCUT2D eigenvalue weighted by molar-refractivity contribution is 5.81. The standard InChI is InChI=1S/C13H22O/c14-13-10-6-2-5-9-12(13)11-7-3-1-4-8-11/h11-12H,1-10H2. The molecule has 2 aliphatic rings. The van der Waals surface area contributed by atoms with Gasteiger partial charge in [0.1, 0.15) is 5.78 Å². The van der Waals surface area contributed by atoms with E-state index in [1.807, 2.05) is 0 Å². The Bertz CT molecular complexity index is 191. The van der Waals surface area contributed by atoms with Crippen molar-refractivity contribution >= 4 is 5.78 Å². The predicted octanol–water partition coefficient (Wildman–Crippen LogP) is 3.72. The van der Waals surface area contributed by atoms with Gasteiger partial charge in [0.05, 0.1) is 0 Å². The van der Waals surface area contributed by atoms with Gasteiger partial charge in [-0.3, -0.25) is 4.79 Å². The van der Waals surface area contributed by atoms with Gasteiger partial charge >= 0.3 is 0 Å². The Morgan fingerprint density at radius 1 is 0.786 bits per heavy atom. The van der Waals surface area contributed by atoms with E-state index in [1.165, 1.54) is 51.4 Å². The summed E-state index contributed by atoms with van der Waals surface area (Å²) in [5.74, 6) is 1.81. The van der Waals surface area contributed by atoms with E-state index < -0.39 is 0 Å². The Morgan fingerprint density at radius 3 is 2.21 bits per heavy atom. The Kier molecular flexibility index (Phi) is 3.61. The minimum atomic E-state index is 0.456. The van der Waals surface area contributed by atoms with Crippen LogP contribution in [0.5, 0.6) is 0 Å². The molecule has 1 unspecified atom stereocenters. The first kappa shape index (κ1) is 10.2. The van der Waals surface area contributed by atoms with Gasteiger partial charge in [-0.2, -0.15) is 0 Å². The van der Waals surface area contributed by atoms with Crippen LogP contribution in [0, 0.1) is 11.8 Å². The number of hydrogen-bond donors (Lipinski definition) is 0. The second-order valence-electron chi connectivity index (χ2n) is 5.07. The zero-order valence-corrected chi connectivity index (χ0v) is 9.13. The molecule has 0 N–H and O–H groups in total. The van der Waals surface area contributed by atoms with E-state index in [2.05, 4.69) is 0 Å². The minimum Gasteiger partial charge on any atom is -0.299 e. The fourth-order valence-corrected chi connectivity index (χ4v) is 3.22. The molecule has 2 fully saturated rings. The normalized spacial score (nSPS) is 31.4. The lowest BCUT2D eigenvalue weighted by molar-refractivity contribution is -0.124. The van der Waals surface area contributed by atoms with E-state index in [9.17, 15) is 4.79 Å². The molecule has 2 rings (SSSR count). The first-order chi connectivity index (χ1) is 6.88. The molecule has 0 bridgehead atoms. The highest BCUT2D eigenvalue weighted by Crippen LogP contribution is 2.35. The molecule has 0 aromatic heterocycles. The second kappa shape index (κ2) is 4.95. The van der Waals surface area contributed by atoms with Crippen LogP contribution in [0.3, 0.4) is 0 Å². The maximum Gasteiger partial charge on any atom is 0.136 e. The van der Waals surface area contributed by atoms with Crippen LogP contribution in [0.4, 0.5) is 0 Å². The highest BCUT2D eigenvalue weighted by atomic mass is 16.1. The summed E-state index contributed by atoms with van der Waals surface area (Å²) < 4.78 is 0. The van der Waals surface area contributed by atoms with Gasteiger partial charge in [0.25, 0.3) is 0 Å². The fraction of sp³-hybridized carbons (Fsp3) is 0.923. The number of carbonyl (C=O) groups excluding carboxylic acids is 1. The number of ketones is 1. The monoisotopic (exact) mass is 194 g/mol. The van der Waals surface area contributed by atoms with Crippen LogP contribution in [0.2, 0.25) is 0 Å². The van der Waals surface area contributed by atoms with Gasteiger partial charge in [-0.1, -0.05) is 32.1 Å². The van der Waals surface area contributed by atoms with E-state index in [0.717, 1.165) is 18.8 Å². The van der Waals surface area contributed by atoms with E-state index in [1.54, 1.807) is 0 Å². The molecule has 0 aliphatic heterocycles. The van der Waals surface area contributed by atoms with Crippen LogP contribution in [-0.2, 0) is 4.79 Å². The summed E-state index contributed by atoms with van der Waals surface area (Å²) in [6.45, 7) is 0. The topological polar surface area (TPSA) is 17.1 Å². The zero-order chi connectivity index (χ0) is 9.80. The van der Waals surface area contributed by atoms with Crippen LogP contribution < -0.4 is 0 Å². The van der Waals surface area contributed by atoms with Crippen molar-refractivity contribution in [1.29, 1.82) is 0 Å². The van der Waals surface area contributed by atoms with Crippen LogP contribution in [0.15, 0.2) is 0 Å². The summed E-state index contributed by atoms with van der Waals surface area (Å²) in [6, 6.07) is 0. The molecule has 1 nitrogen and oxygen atoms in total. The summed E-state index contributed by atoms with van der Waals surface area (Å²) in [5.41, 5.74) is 0. The Hall–Kier alpha value is -0.330. The maximum absolute atomic E-state index is 11.9. The van der Waals surface area contributed by atoms with Crippen molar-refractivity contribution in [1.82, 2.24) is 0 Å². The van der Waals surface area contributed by atoms with Crippen LogP contribution in [-0.4, -0.2) is 5.78 Å². The maximum atomic E-state index is 11.9. The number of carbonyl (C=O) groups is 1. The predicted molar refractivity (Wildman–Crippen MR) is 58.2 cm³/mol. The molecule has 0 aromatic rings. The van der Waals surface area contributed by atoms with E-state index >= 15 is 0 Å². The van der Waals surface area contributed by atoms with E-state index in [-0.39, 0.29) is 0 Å². The van der Waals surface area contributed by atoms with Gasteiger partial charge in [-0.25, -0.2) is 0 Å². The van der Waals surface area contributed by atoms with E-state index in [4.69, 9.17) is 0 Å². The lowest BCUT2D eigenvalue weighted by Crippen LogP contribution is -2.24. The third-order valence-corrected chi connectivity index (χ3v) is 4.07. The number of Topliss-reactive ketones (excluding diaryl/α,β-unsaturated/α-hetero) is 1. The summed E-state index contributed by atoms with van der Waals surface area (Å²) in [5, 5.41) is 0. The van der Waals surface area contributed by atoms with Gasteiger partial charge in [-0.15, -0.1) is 0 Å². The van der Waals surface area contributed by atoms with Crippen molar-refractivity contribution in [2.75, 3.05) is 0 Å². The molecule has 0 amide bonds. The molecule has 0 aromatic carbocycles. The summed E-state index contributed by atoms with van der Waals surface area (Å²) in [6.07, 6.45) is 12.6. The SMILES string of the molecule is O=C1CCCCCC1C1CCCCC1. The van der Waals surface area contributed by atoms with Crippen molar-refractivity contribution in [3.05, 3.63) is 0 Å². The van der Waals surface area contributed by atoms with Crippen molar-refractivity contribution in [2.45, 2.75) is 64.2 Å². The molecule has 0 saturated heterocycles. The average molecular weight is 194 g/mol. The summed E-state index contributed by atoms with van der Waals surface area (Å²) >= 11 is 0. The van der Waals surface area contributed by atoms with Crippen molar-refractivity contribution in [3.63, 3.8) is 0 Å². The molecule has 80 valence electrons. The number of rotatable bonds is 1. The van der Waals surface area contributed by atoms with Gasteiger partial charge in [0, 0.05) is 12.3 Å². The number of hydrogen-bond acceptors (Lipinski definition) is 1. The average Bonchev–Trinajstić information content (AvgIpc) is 2.44. The van der Waals surface area contributed by atoms with Crippen LogP contribution in [0.25, 0.3) is 0 Å². The van der Waals surface area contributed by atoms with Crippen LogP contribution in [0.1, 0.15) is 64.2 Å². The van der Waals surface area contributed by atoms with Crippen LogP contribution >= 0.6 is 0 Å². The fourth-order valence-electron chi connectivity index (χ4n) is 3.22. The Labute approximate surface area is 87.3 Å². The Morgan fingerprint density at radius 2 is 1.43 bits per heavy atom. The largest absolute Gasteiger partial charge is 0.299 e. The molecular weight excluding hydrogens is 172 g/mol. The summed E-state index contributed by atoms with van der Waals surface area (Å²) in [4.78, 5) is 11.9. The quantitative estimate of drug-likeness (QED) is 0.581. The third-order valence-electron chi connectivity index (χ3n) is 4.07. The molecule has 0 spiro atoms. The van der Waals surface area contributed by atoms with Crippen molar-refractivity contribution < 1.29 is 4.79 Å². The first-order valence-electron chi connectivity index (χ1n) is 6.40. The summed E-state index contributed by atoms with van der Waals surface area (Å²) in [7, 11) is 0. The minimum absolute atomic E-state index is 0.456. The van der Waals surface area contributed by atoms with Gasteiger partial charge in [-0.05, 0) is 31.6 Å². The highest BCUT2D eigenvalue weighted by Gasteiger charge is 2.29. The molecule has 2 aliphatic carbocycles. The molecule has 0 heterocycles. The first-order valence-corrected chi connectivity index (χ1v) is 6.40. The molecule has 1 atom stereocenters. The van der Waals surface area contributed by atoms with Gasteiger partial charge in [0.2, 0.25) is 0 Å². The van der Waals surface area contributed by atoms with Gasteiger partial charge in [0.15, 0.2) is 0 Å². The van der Waals surface area contributed by atoms with Gasteiger partial charge < -0.3 is 0 Å². The lowest BCUT2D eigenvalue weighted by Gasteiger charge is -2.28. The molecule has 2 saturated carbocycles. The Balaban J connectivity index is 1.95. The molecular formula is C13H22O. The zero-order valence-electron chi connectivity index (χ0n) is 9.13. The molecule has 0 radical (unpaired) electrons. The smallest absolute Gasteiger partial charge is 0.136 e. The molecule has 14 heavy (non-hydrogen) atoms. The molecule has 1 heteroatoms. The van der Waals surface area contributed by atoms with Crippen molar-refractivity contribution in [3.8, 4) is 0 Å². The van der Waals surface area contributed by atoms with Crippen molar-refractivity contribution in [2.24, 2.45) is 11.8 Å².